The fraction of sp³-hybridized carbons (Fsp3) is 0.394. The number of para-hydroxylation sites is 1. The van der Waals surface area contributed by atoms with Gasteiger partial charge in [-0.15, -0.1) is 0 Å². The van der Waals surface area contributed by atoms with Crippen molar-refractivity contribution in [3.8, 4) is 28.4 Å². The van der Waals surface area contributed by atoms with Gasteiger partial charge >= 0.3 is 5.97 Å². The summed E-state index contributed by atoms with van der Waals surface area (Å²) in [6, 6.07) is 16.4. The van der Waals surface area contributed by atoms with Crippen molar-refractivity contribution in [2.45, 2.75) is 52.2 Å². The van der Waals surface area contributed by atoms with Gasteiger partial charge in [0.2, 0.25) is 5.91 Å². The van der Waals surface area contributed by atoms with Gasteiger partial charge in [0.15, 0.2) is 6.10 Å². The Morgan fingerprint density at radius 1 is 1.05 bits per heavy atom. The van der Waals surface area contributed by atoms with E-state index in [-0.39, 0.29) is 24.0 Å². The molecule has 2 atom stereocenters. The zero-order chi connectivity index (χ0) is 28.5. The number of rotatable bonds is 9. The molecular formula is C33H36N2O6. The van der Waals surface area contributed by atoms with Gasteiger partial charge in [-0.3, -0.25) is 9.59 Å². The van der Waals surface area contributed by atoms with Crippen LogP contribution in [0.2, 0.25) is 0 Å². The van der Waals surface area contributed by atoms with Gasteiger partial charge in [0.1, 0.15) is 30.5 Å². The van der Waals surface area contributed by atoms with E-state index >= 15 is 0 Å². The summed E-state index contributed by atoms with van der Waals surface area (Å²) in [6.45, 7) is 8.67. The van der Waals surface area contributed by atoms with Crippen LogP contribution in [0.15, 0.2) is 48.5 Å². The lowest BCUT2D eigenvalue weighted by atomic mass is 9.92. The van der Waals surface area contributed by atoms with E-state index in [1.165, 1.54) is 6.92 Å². The third-order valence-electron chi connectivity index (χ3n) is 8.00. The number of aryl methyl sites for hydroxylation is 2. The Labute approximate surface area is 240 Å². The molecule has 0 spiro atoms. The van der Waals surface area contributed by atoms with Gasteiger partial charge in [0.05, 0.1) is 12.6 Å². The number of hydrogen-bond donors (Lipinski definition) is 1. The molecule has 0 bridgehead atoms. The highest BCUT2D eigenvalue weighted by Gasteiger charge is 2.30. The highest BCUT2D eigenvalue weighted by Crippen LogP contribution is 2.45. The molecule has 8 heteroatoms. The lowest BCUT2D eigenvalue weighted by molar-refractivity contribution is -0.147. The maximum Gasteiger partial charge on any atom is 0.303 e. The van der Waals surface area contributed by atoms with Crippen molar-refractivity contribution in [3.63, 3.8) is 0 Å². The topological polar surface area (TPSA) is 86.3 Å². The van der Waals surface area contributed by atoms with Gasteiger partial charge in [-0.2, -0.15) is 0 Å². The lowest BCUT2D eigenvalue weighted by Crippen LogP contribution is -2.26. The number of anilines is 1. The summed E-state index contributed by atoms with van der Waals surface area (Å²) in [4.78, 5) is 25.2. The molecule has 0 unspecified atom stereocenters. The molecule has 6 rings (SSSR count). The predicted molar refractivity (Wildman–Crippen MR) is 156 cm³/mol. The van der Waals surface area contributed by atoms with Crippen LogP contribution >= 0.6 is 0 Å². The second-order valence-electron chi connectivity index (χ2n) is 11.0. The van der Waals surface area contributed by atoms with E-state index < -0.39 is 0 Å². The average molecular weight is 557 g/mol. The number of benzene rings is 3. The van der Waals surface area contributed by atoms with Crippen molar-refractivity contribution in [3.05, 3.63) is 70.8 Å². The Hall–Kier alpha value is -4.20. The van der Waals surface area contributed by atoms with E-state index in [1.807, 2.05) is 23.1 Å². The van der Waals surface area contributed by atoms with Crippen LogP contribution in [0.25, 0.3) is 11.1 Å². The molecule has 41 heavy (non-hydrogen) atoms. The van der Waals surface area contributed by atoms with Gasteiger partial charge in [0, 0.05) is 54.9 Å². The molecule has 0 aromatic heterocycles. The number of amides is 1. The van der Waals surface area contributed by atoms with Crippen LogP contribution in [0, 0.1) is 13.8 Å². The van der Waals surface area contributed by atoms with Crippen molar-refractivity contribution >= 4 is 17.6 Å². The molecule has 1 N–H and O–H groups in total. The summed E-state index contributed by atoms with van der Waals surface area (Å²) in [5.41, 5.74) is 7.39. The highest BCUT2D eigenvalue weighted by molar-refractivity contribution is 5.79. The van der Waals surface area contributed by atoms with E-state index in [4.69, 9.17) is 18.9 Å². The second kappa shape index (κ2) is 11.4. The van der Waals surface area contributed by atoms with Gasteiger partial charge in [-0.25, -0.2) is 0 Å². The van der Waals surface area contributed by atoms with Crippen LogP contribution in [0.5, 0.6) is 17.2 Å². The number of fused-ring (bicyclic) bond motifs is 2. The standard InChI is InChI=1S/C33H36N2O6/c1-20-15-24(38-14-6-13-35-12-5-9-31(35)37)16-21(2)32(20)27-8-4-7-25-28(18-40-33(25)27)34-23-10-11-26-29(17-23)39-19-30(26)41-22(3)36/h4,7-8,10-11,15-17,28,30,34H,5-6,9,12-14,18-19H2,1-3H3/t28-,30-/m1/s1. The average Bonchev–Trinajstić information content (AvgIpc) is 3.65. The first-order chi connectivity index (χ1) is 19.9. The minimum absolute atomic E-state index is 0.0145. The molecule has 3 aliphatic heterocycles. The van der Waals surface area contributed by atoms with Crippen LogP contribution in [0.4, 0.5) is 5.69 Å². The molecule has 1 fully saturated rings. The molecule has 3 heterocycles. The summed E-state index contributed by atoms with van der Waals surface area (Å²) in [6.07, 6.45) is 2.10. The molecular weight excluding hydrogens is 520 g/mol. The van der Waals surface area contributed by atoms with Gasteiger partial charge in [-0.05, 0) is 67.6 Å². The molecule has 0 aliphatic carbocycles. The van der Waals surface area contributed by atoms with Crippen molar-refractivity contribution < 1.29 is 28.5 Å². The minimum Gasteiger partial charge on any atom is -0.494 e. The number of ether oxygens (including phenoxy) is 4. The second-order valence-corrected chi connectivity index (χ2v) is 11.0. The molecule has 8 nitrogen and oxygen atoms in total. The normalized spacial score (nSPS) is 18.9. The van der Waals surface area contributed by atoms with E-state index in [0.717, 1.165) is 82.2 Å². The van der Waals surface area contributed by atoms with Gasteiger partial charge in [-0.1, -0.05) is 18.2 Å². The quantitative estimate of drug-likeness (QED) is 0.259. The first-order valence-corrected chi connectivity index (χ1v) is 14.4. The summed E-state index contributed by atoms with van der Waals surface area (Å²) < 4.78 is 23.5. The molecule has 3 aliphatic rings. The Morgan fingerprint density at radius 2 is 1.88 bits per heavy atom. The first kappa shape index (κ1) is 27.0. The maximum atomic E-state index is 11.8. The number of carbonyl (C=O) groups excluding carboxylic acids is 2. The minimum atomic E-state index is -0.362. The Bertz CT molecular complexity index is 1460. The van der Waals surface area contributed by atoms with Crippen molar-refractivity contribution in [2.75, 3.05) is 38.2 Å². The number of nitrogens with one attached hydrogen (secondary N) is 1. The molecule has 0 radical (unpaired) electrons. The molecule has 1 amide bonds. The van der Waals surface area contributed by atoms with Gasteiger partial charge < -0.3 is 29.2 Å². The smallest absolute Gasteiger partial charge is 0.303 e. The zero-order valence-electron chi connectivity index (χ0n) is 23.8. The molecule has 1 saturated heterocycles. The van der Waals surface area contributed by atoms with Crippen molar-refractivity contribution in [2.24, 2.45) is 0 Å². The Balaban J connectivity index is 1.15. The Kier molecular flexibility index (Phi) is 7.47. The maximum absolute atomic E-state index is 11.8. The van der Waals surface area contributed by atoms with E-state index in [0.29, 0.717) is 26.2 Å². The fourth-order valence-corrected chi connectivity index (χ4v) is 6.15. The Morgan fingerprint density at radius 3 is 2.63 bits per heavy atom. The van der Waals surface area contributed by atoms with Crippen LogP contribution < -0.4 is 19.5 Å². The van der Waals surface area contributed by atoms with Crippen LogP contribution in [-0.2, 0) is 14.3 Å². The lowest BCUT2D eigenvalue weighted by Gasteiger charge is -2.18. The third kappa shape index (κ3) is 5.56. The fourth-order valence-electron chi connectivity index (χ4n) is 6.15. The number of carbonyl (C=O) groups is 2. The first-order valence-electron chi connectivity index (χ1n) is 14.4. The van der Waals surface area contributed by atoms with Crippen LogP contribution in [0.3, 0.4) is 0 Å². The monoisotopic (exact) mass is 556 g/mol. The summed E-state index contributed by atoms with van der Waals surface area (Å²) in [5.74, 6) is 2.41. The third-order valence-corrected chi connectivity index (χ3v) is 8.00. The molecule has 3 aromatic rings. The SMILES string of the molecule is CC(=O)O[C@@H]1COc2cc(N[C@@H]3COc4c(-c5c(C)cc(OCCCN6CCCC6=O)cc5C)cccc43)ccc21. The van der Waals surface area contributed by atoms with E-state index in [1.54, 1.807) is 0 Å². The van der Waals surface area contributed by atoms with Crippen molar-refractivity contribution in [1.82, 2.24) is 4.90 Å². The summed E-state index contributed by atoms with van der Waals surface area (Å²) in [5, 5.41) is 3.59. The molecule has 0 saturated carbocycles. The molecule has 214 valence electrons. The van der Waals surface area contributed by atoms with Gasteiger partial charge in [0.25, 0.3) is 0 Å². The highest BCUT2D eigenvalue weighted by atomic mass is 16.6. The number of likely N-dealkylation sites (tertiary alicyclic amines) is 1. The number of nitrogens with zero attached hydrogens (tertiary/aromatic N) is 1. The molecule has 3 aromatic carbocycles. The van der Waals surface area contributed by atoms with Crippen molar-refractivity contribution in [1.29, 1.82) is 0 Å². The summed E-state index contributed by atoms with van der Waals surface area (Å²) >= 11 is 0. The zero-order valence-corrected chi connectivity index (χ0v) is 23.8. The van der Waals surface area contributed by atoms with Crippen LogP contribution in [-0.4, -0.2) is 49.7 Å². The number of hydrogen-bond acceptors (Lipinski definition) is 7. The number of esters is 1. The van der Waals surface area contributed by atoms with Crippen LogP contribution in [0.1, 0.15) is 60.6 Å². The largest absolute Gasteiger partial charge is 0.494 e. The summed E-state index contributed by atoms with van der Waals surface area (Å²) in [7, 11) is 0. The predicted octanol–water partition coefficient (Wildman–Crippen LogP) is 5.90. The van der Waals surface area contributed by atoms with E-state index in [9.17, 15) is 9.59 Å². The van der Waals surface area contributed by atoms with E-state index in [2.05, 4.69) is 49.5 Å².